The molecule has 1 aliphatic rings. The first-order chi connectivity index (χ1) is 8.95. The second kappa shape index (κ2) is 5.32. The predicted molar refractivity (Wildman–Crippen MR) is 72.9 cm³/mol. The van der Waals surface area contributed by atoms with Gasteiger partial charge in [0.05, 0.1) is 16.5 Å². The molecule has 1 aromatic carbocycles. The summed E-state index contributed by atoms with van der Waals surface area (Å²) in [5.41, 5.74) is 0.543. The highest BCUT2D eigenvalue weighted by atomic mass is 32.2. The summed E-state index contributed by atoms with van der Waals surface area (Å²) in [6.07, 6.45) is 4.50. The van der Waals surface area contributed by atoms with Gasteiger partial charge >= 0.3 is 0 Å². The van der Waals surface area contributed by atoms with Gasteiger partial charge < -0.3 is 0 Å². The molecule has 0 heterocycles. The van der Waals surface area contributed by atoms with E-state index in [1.165, 1.54) is 37.1 Å². The molecule has 5 heteroatoms. The highest BCUT2D eigenvalue weighted by molar-refractivity contribution is 7.89. The van der Waals surface area contributed by atoms with Gasteiger partial charge in [0.15, 0.2) is 0 Å². The van der Waals surface area contributed by atoms with Gasteiger partial charge in [0.2, 0.25) is 10.0 Å². The van der Waals surface area contributed by atoms with E-state index in [9.17, 15) is 8.42 Å². The van der Waals surface area contributed by atoms with Crippen LogP contribution in [-0.4, -0.2) is 15.0 Å². The molecule has 0 unspecified atom stereocenters. The Balaban J connectivity index is 2.07. The van der Waals surface area contributed by atoms with E-state index in [-0.39, 0.29) is 10.3 Å². The first-order valence-corrected chi connectivity index (χ1v) is 7.93. The lowest BCUT2D eigenvalue weighted by Gasteiger charge is -2.23. The van der Waals surface area contributed by atoms with Crippen LogP contribution in [0, 0.1) is 16.7 Å². The van der Waals surface area contributed by atoms with E-state index >= 15 is 0 Å². The fourth-order valence-electron chi connectivity index (χ4n) is 2.47. The highest BCUT2D eigenvalue weighted by Gasteiger charge is 2.30. The van der Waals surface area contributed by atoms with Crippen molar-refractivity contribution in [2.45, 2.75) is 37.5 Å². The normalized spacial score (nSPS) is 18.1. The van der Waals surface area contributed by atoms with Crippen LogP contribution in [0.2, 0.25) is 0 Å². The summed E-state index contributed by atoms with van der Waals surface area (Å²) in [6.45, 7) is 2.61. The Bertz CT molecular complexity index is 579. The summed E-state index contributed by atoms with van der Waals surface area (Å²) in [6, 6.07) is 7.95. The van der Waals surface area contributed by atoms with E-state index in [0.717, 1.165) is 12.8 Å². The van der Waals surface area contributed by atoms with Gasteiger partial charge in [-0.05, 0) is 42.5 Å². The maximum Gasteiger partial charge on any atom is 0.240 e. The number of hydrogen-bond donors (Lipinski definition) is 1. The van der Waals surface area contributed by atoms with Gasteiger partial charge in [0.1, 0.15) is 0 Å². The molecule has 1 aromatic rings. The van der Waals surface area contributed by atoms with Gasteiger partial charge in [0.25, 0.3) is 0 Å². The lowest BCUT2D eigenvalue weighted by Crippen LogP contribution is -2.34. The van der Waals surface area contributed by atoms with Crippen LogP contribution in [0.1, 0.15) is 38.2 Å². The maximum absolute atomic E-state index is 12.1. The Kier molecular flexibility index (Phi) is 3.93. The molecule has 1 N–H and O–H groups in total. The zero-order valence-electron chi connectivity index (χ0n) is 11.0. The summed E-state index contributed by atoms with van der Waals surface area (Å²) < 4.78 is 27.0. The highest BCUT2D eigenvalue weighted by Crippen LogP contribution is 2.36. The molecular weight excluding hydrogens is 260 g/mol. The van der Waals surface area contributed by atoms with Gasteiger partial charge in [-0.15, -0.1) is 0 Å². The maximum atomic E-state index is 12.1. The van der Waals surface area contributed by atoms with Crippen LogP contribution in [0.3, 0.4) is 0 Å². The minimum atomic E-state index is -3.47. The first-order valence-electron chi connectivity index (χ1n) is 6.45. The Morgan fingerprint density at radius 3 is 2.37 bits per heavy atom. The fourth-order valence-corrected chi connectivity index (χ4v) is 3.67. The van der Waals surface area contributed by atoms with Crippen molar-refractivity contribution in [2.24, 2.45) is 5.41 Å². The number of nitrogens with one attached hydrogen (secondary N) is 1. The van der Waals surface area contributed by atoms with Gasteiger partial charge in [-0.25, -0.2) is 13.1 Å². The Hall–Kier alpha value is -1.38. The van der Waals surface area contributed by atoms with Gasteiger partial charge in [0, 0.05) is 6.54 Å². The lowest BCUT2D eigenvalue weighted by atomic mass is 9.89. The Morgan fingerprint density at radius 2 is 1.84 bits per heavy atom. The number of nitriles is 1. The second-order valence-corrected chi connectivity index (χ2v) is 7.25. The van der Waals surface area contributed by atoms with Crippen molar-refractivity contribution in [3.63, 3.8) is 0 Å². The minimum absolute atomic E-state index is 0.0830. The van der Waals surface area contributed by atoms with Crippen LogP contribution in [0.15, 0.2) is 29.2 Å². The molecule has 0 aliphatic heterocycles. The smallest absolute Gasteiger partial charge is 0.211 e. The van der Waals surface area contributed by atoms with Crippen LogP contribution < -0.4 is 4.72 Å². The summed E-state index contributed by atoms with van der Waals surface area (Å²) in [4.78, 5) is 0.216. The van der Waals surface area contributed by atoms with Crippen molar-refractivity contribution < 1.29 is 8.42 Å². The van der Waals surface area contributed by atoms with E-state index in [0.29, 0.717) is 12.1 Å². The second-order valence-electron chi connectivity index (χ2n) is 5.48. The molecule has 0 amide bonds. The Labute approximate surface area is 114 Å². The topological polar surface area (TPSA) is 70.0 Å². The summed E-state index contributed by atoms with van der Waals surface area (Å²) in [7, 11) is -3.47. The fraction of sp³-hybridized carbons (Fsp3) is 0.500. The van der Waals surface area contributed by atoms with E-state index < -0.39 is 10.0 Å². The predicted octanol–water partition coefficient (Wildman–Crippen LogP) is 2.42. The SMILES string of the molecule is CC1(CNS(=O)(=O)c2ccc(C#N)cc2)CCCC1. The molecule has 0 atom stereocenters. The largest absolute Gasteiger partial charge is 0.240 e. The molecule has 102 valence electrons. The molecule has 1 saturated carbocycles. The third kappa shape index (κ3) is 3.34. The quantitative estimate of drug-likeness (QED) is 0.919. The molecule has 0 aromatic heterocycles. The monoisotopic (exact) mass is 278 g/mol. The molecular formula is C14H18N2O2S. The van der Waals surface area contributed by atoms with Crippen LogP contribution in [0.5, 0.6) is 0 Å². The van der Waals surface area contributed by atoms with Crippen LogP contribution in [0.25, 0.3) is 0 Å². The molecule has 0 saturated heterocycles. The zero-order valence-corrected chi connectivity index (χ0v) is 11.8. The van der Waals surface area contributed by atoms with Crippen molar-refractivity contribution in [3.8, 4) is 6.07 Å². The van der Waals surface area contributed by atoms with E-state index in [2.05, 4.69) is 11.6 Å². The number of hydrogen-bond acceptors (Lipinski definition) is 3. The molecule has 0 spiro atoms. The van der Waals surface area contributed by atoms with Crippen molar-refractivity contribution in [3.05, 3.63) is 29.8 Å². The average Bonchev–Trinajstić information content (AvgIpc) is 2.84. The third-order valence-corrected chi connectivity index (χ3v) is 5.21. The number of sulfonamides is 1. The summed E-state index contributed by atoms with van der Waals surface area (Å²) in [5.74, 6) is 0. The lowest BCUT2D eigenvalue weighted by molar-refractivity contribution is 0.336. The molecule has 0 radical (unpaired) electrons. The number of benzene rings is 1. The average molecular weight is 278 g/mol. The van der Waals surface area contributed by atoms with Crippen LogP contribution >= 0.6 is 0 Å². The summed E-state index contributed by atoms with van der Waals surface area (Å²) in [5, 5.41) is 8.70. The Morgan fingerprint density at radius 1 is 1.26 bits per heavy atom. The third-order valence-electron chi connectivity index (χ3n) is 3.79. The number of rotatable bonds is 4. The van der Waals surface area contributed by atoms with Crippen molar-refractivity contribution in [1.82, 2.24) is 4.72 Å². The first kappa shape index (κ1) is 14.0. The molecule has 4 nitrogen and oxygen atoms in total. The van der Waals surface area contributed by atoms with Crippen LogP contribution in [0.4, 0.5) is 0 Å². The van der Waals surface area contributed by atoms with E-state index in [4.69, 9.17) is 5.26 Å². The van der Waals surface area contributed by atoms with E-state index in [1.54, 1.807) is 0 Å². The van der Waals surface area contributed by atoms with Crippen molar-refractivity contribution >= 4 is 10.0 Å². The zero-order chi connectivity index (χ0) is 13.9. The molecule has 19 heavy (non-hydrogen) atoms. The minimum Gasteiger partial charge on any atom is -0.211 e. The van der Waals surface area contributed by atoms with Crippen LogP contribution in [-0.2, 0) is 10.0 Å². The number of nitrogens with zero attached hydrogens (tertiary/aromatic N) is 1. The standard InChI is InChI=1S/C14H18N2O2S/c1-14(8-2-3-9-14)11-16-19(17,18)13-6-4-12(10-15)5-7-13/h4-7,16H,2-3,8-9,11H2,1H3. The van der Waals surface area contributed by atoms with E-state index in [1.807, 2.05) is 6.07 Å². The molecule has 1 fully saturated rings. The van der Waals surface area contributed by atoms with Crippen molar-refractivity contribution in [2.75, 3.05) is 6.54 Å². The summed E-state index contributed by atoms with van der Waals surface area (Å²) >= 11 is 0. The molecule has 2 rings (SSSR count). The van der Waals surface area contributed by atoms with Gasteiger partial charge in [-0.2, -0.15) is 5.26 Å². The van der Waals surface area contributed by atoms with Gasteiger partial charge in [-0.3, -0.25) is 0 Å². The van der Waals surface area contributed by atoms with Crippen molar-refractivity contribution in [1.29, 1.82) is 5.26 Å². The molecule has 0 bridgehead atoms. The van der Waals surface area contributed by atoms with Gasteiger partial charge in [-0.1, -0.05) is 19.8 Å². The molecule has 1 aliphatic carbocycles.